The molecule has 0 saturated heterocycles. The Morgan fingerprint density at radius 3 is 2.71 bits per heavy atom. The van der Waals surface area contributed by atoms with Crippen LogP contribution in [0, 0.1) is 13.8 Å². The molecule has 3 heteroatoms. The van der Waals surface area contributed by atoms with Gasteiger partial charge in [0.15, 0.2) is 0 Å². The van der Waals surface area contributed by atoms with Crippen molar-refractivity contribution in [2.24, 2.45) is 0 Å². The number of ether oxygens (including phenoxy) is 1. The molecule has 2 nitrogen and oxygen atoms in total. The molecule has 0 amide bonds. The first-order chi connectivity index (χ1) is 10.1. The Morgan fingerprint density at radius 1 is 1.10 bits per heavy atom. The molecule has 0 bridgehead atoms. The number of nitrogens with one attached hydrogen (secondary N) is 1. The van der Waals surface area contributed by atoms with Crippen molar-refractivity contribution in [3.63, 3.8) is 0 Å². The SMILES string of the molecule is Cc1ccc(CNCc2cc(Br)cc3c2OCC3)c(C)c1. The standard InChI is InChI=1S/C18H20BrNO/c1-12-3-4-15(13(2)7-12)10-20-11-16-9-17(19)8-14-5-6-21-18(14)16/h3-4,7-9,20H,5-6,10-11H2,1-2H3. The van der Waals surface area contributed by atoms with Gasteiger partial charge in [-0.2, -0.15) is 0 Å². The van der Waals surface area contributed by atoms with Gasteiger partial charge in [-0.05, 0) is 42.7 Å². The maximum Gasteiger partial charge on any atom is 0.127 e. The molecule has 1 aliphatic heterocycles. The Morgan fingerprint density at radius 2 is 1.90 bits per heavy atom. The van der Waals surface area contributed by atoms with E-state index in [0.29, 0.717) is 0 Å². The molecule has 0 saturated carbocycles. The normalized spacial score (nSPS) is 13.1. The van der Waals surface area contributed by atoms with Gasteiger partial charge in [-0.1, -0.05) is 39.7 Å². The van der Waals surface area contributed by atoms with Crippen molar-refractivity contribution >= 4 is 15.9 Å². The second kappa shape index (κ2) is 6.20. The predicted octanol–water partition coefficient (Wildman–Crippen LogP) is 4.29. The van der Waals surface area contributed by atoms with E-state index < -0.39 is 0 Å². The van der Waals surface area contributed by atoms with E-state index in [-0.39, 0.29) is 0 Å². The predicted molar refractivity (Wildman–Crippen MR) is 89.8 cm³/mol. The number of fused-ring (bicyclic) bond motifs is 1. The highest BCUT2D eigenvalue weighted by molar-refractivity contribution is 9.10. The monoisotopic (exact) mass is 345 g/mol. The quantitative estimate of drug-likeness (QED) is 0.892. The van der Waals surface area contributed by atoms with Gasteiger partial charge in [0.25, 0.3) is 0 Å². The lowest BCUT2D eigenvalue weighted by molar-refractivity contribution is 0.352. The summed E-state index contributed by atoms with van der Waals surface area (Å²) in [6, 6.07) is 10.9. The second-order valence-corrected chi connectivity index (χ2v) is 6.60. The number of aryl methyl sites for hydroxylation is 2. The second-order valence-electron chi connectivity index (χ2n) is 5.69. The van der Waals surface area contributed by atoms with Crippen molar-refractivity contribution < 1.29 is 4.74 Å². The van der Waals surface area contributed by atoms with Crippen LogP contribution < -0.4 is 10.1 Å². The smallest absolute Gasteiger partial charge is 0.127 e. The van der Waals surface area contributed by atoms with E-state index in [4.69, 9.17) is 4.74 Å². The number of hydrogen-bond acceptors (Lipinski definition) is 2. The van der Waals surface area contributed by atoms with Crippen molar-refractivity contribution in [1.29, 1.82) is 0 Å². The lowest BCUT2D eigenvalue weighted by Crippen LogP contribution is -2.14. The molecule has 1 N–H and O–H groups in total. The molecule has 1 aliphatic rings. The Kier molecular flexibility index (Phi) is 4.32. The maximum atomic E-state index is 5.77. The number of hydrogen-bond donors (Lipinski definition) is 1. The third-order valence-corrected chi connectivity index (χ3v) is 4.41. The highest BCUT2D eigenvalue weighted by Gasteiger charge is 2.17. The van der Waals surface area contributed by atoms with Crippen molar-refractivity contribution in [3.8, 4) is 5.75 Å². The van der Waals surface area contributed by atoms with E-state index in [9.17, 15) is 0 Å². The molecule has 0 unspecified atom stereocenters. The zero-order valence-electron chi connectivity index (χ0n) is 12.5. The fourth-order valence-corrected chi connectivity index (χ4v) is 3.41. The summed E-state index contributed by atoms with van der Waals surface area (Å²) >= 11 is 3.59. The Bertz CT molecular complexity index is 667. The molecule has 0 atom stereocenters. The van der Waals surface area contributed by atoms with Crippen LogP contribution in [0.1, 0.15) is 27.8 Å². The summed E-state index contributed by atoms with van der Waals surface area (Å²) in [5, 5.41) is 3.53. The highest BCUT2D eigenvalue weighted by atomic mass is 79.9. The molecule has 2 aromatic carbocycles. The summed E-state index contributed by atoms with van der Waals surface area (Å²) in [5.74, 6) is 1.08. The minimum absolute atomic E-state index is 0.801. The molecular formula is C18H20BrNO. The van der Waals surface area contributed by atoms with Gasteiger partial charge in [-0.3, -0.25) is 0 Å². The Labute approximate surface area is 134 Å². The molecule has 0 radical (unpaired) electrons. The van der Waals surface area contributed by atoms with Crippen molar-refractivity contribution in [1.82, 2.24) is 5.32 Å². The van der Waals surface area contributed by atoms with Crippen molar-refractivity contribution in [2.45, 2.75) is 33.4 Å². The minimum atomic E-state index is 0.801. The summed E-state index contributed by atoms with van der Waals surface area (Å²) in [5.41, 5.74) is 6.56. The van der Waals surface area contributed by atoms with E-state index in [0.717, 1.165) is 36.3 Å². The van der Waals surface area contributed by atoms with E-state index in [1.807, 2.05) is 0 Å². The van der Waals surface area contributed by atoms with Crippen LogP contribution in [-0.2, 0) is 19.5 Å². The molecule has 0 spiro atoms. The van der Waals surface area contributed by atoms with Gasteiger partial charge in [0, 0.05) is 29.5 Å². The molecule has 0 fully saturated rings. The van der Waals surface area contributed by atoms with Gasteiger partial charge in [0.1, 0.15) is 5.75 Å². The Balaban J connectivity index is 1.68. The average Bonchev–Trinajstić information content (AvgIpc) is 2.89. The number of rotatable bonds is 4. The van der Waals surface area contributed by atoms with Gasteiger partial charge >= 0.3 is 0 Å². The molecular weight excluding hydrogens is 326 g/mol. The van der Waals surface area contributed by atoms with Crippen LogP contribution in [-0.4, -0.2) is 6.61 Å². The van der Waals surface area contributed by atoms with E-state index in [2.05, 4.69) is 65.4 Å². The fraction of sp³-hybridized carbons (Fsp3) is 0.333. The summed E-state index contributed by atoms with van der Waals surface area (Å²) < 4.78 is 6.90. The molecule has 0 aromatic heterocycles. The first kappa shape index (κ1) is 14.6. The molecule has 2 aromatic rings. The molecule has 0 aliphatic carbocycles. The summed E-state index contributed by atoms with van der Waals surface area (Å²) in [6.45, 7) is 6.81. The summed E-state index contributed by atoms with van der Waals surface area (Å²) in [4.78, 5) is 0. The topological polar surface area (TPSA) is 21.3 Å². The average molecular weight is 346 g/mol. The van der Waals surface area contributed by atoms with Crippen LogP contribution >= 0.6 is 15.9 Å². The highest BCUT2D eigenvalue weighted by Crippen LogP contribution is 2.32. The van der Waals surface area contributed by atoms with Crippen molar-refractivity contribution in [2.75, 3.05) is 6.61 Å². The third-order valence-electron chi connectivity index (χ3n) is 3.95. The van der Waals surface area contributed by atoms with Gasteiger partial charge in [-0.15, -0.1) is 0 Å². The molecule has 21 heavy (non-hydrogen) atoms. The first-order valence-corrected chi connectivity index (χ1v) is 8.14. The van der Waals surface area contributed by atoms with Crippen LogP contribution in [0.2, 0.25) is 0 Å². The van der Waals surface area contributed by atoms with Crippen LogP contribution in [0.15, 0.2) is 34.8 Å². The van der Waals surface area contributed by atoms with Gasteiger partial charge in [0.05, 0.1) is 6.61 Å². The zero-order valence-corrected chi connectivity index (χ0v) is 14.1. The molecule has 110 valence electrons. The Hall–Kier alpha value is -1.32. The van der Waals surface area contributed by atoms with E-state index in [1.165, 1.54) is 27.8 Å². The maximum absolute atomic E-state index is 5.77. The van der Waals surface area contributed by atoms with Crippen LogP contribution in [0.3, 0.4) is 0 Å². The fourth-order valence-electron chi connectivity index (χ4n) is 2.85. The van der Waals surface area contributed by atoms with Gasteiger partial charge in [0.2, 0.25) is 0 Å². The molecule has 1 heterocycles. The third kappa shape index (κ3) is 3.30. The number of benzene rings is 2. The number of halogens is 1. The molecule has 3 rings (SSSR count). The minimum Gasteiger partial charge on any atom is -0.493 e. The van der Waals surface area contributed by atoms with E-state index in [1.54, 1.807) is 0 Å². The van der Waals surface area contributed by atoms with Crippen molar-refractivity contribution in [3.05, 3.63) is 62.6 Å². The zero-order chi connectivity index (χ0) is 14.8. The van der Waals surface area contributed by atoms with Gasteiger partial charge < -0.3 is 10.1 Å². The lowest BCUT2D eigenvalue weighted by atomic mass is 10.1. The van der Waals surface area contributed by atoms with Crippen LogP contribution in [0.25, 0.3) is 0 Å². The largest absolute Gasteiger partial charge is 0.493 e. The summed E-state index contributed by atoms with van der Waals surface area (Å²) in [7, 11) is 0. The van der Waals surface area contributed by atoms with E-state index >= 15 is 0 Å². The van der Waals surface area contributed by atoms with Crippen LogP contribution in [0.5, 0.6) is 5.75 Å². The van der Waals surface area contributed by atoms with Crippen LogP contribution in [0.4, 0.5) is 0 Å². The lowest BCUT2D eigenvalue weighted by Gasteiger charge is -2.12. The summed E-state index contributed by atoms with van der Waals surface area (Å²) in [6.07, 6.45) is 1.01. The van der Waals surface area contributed by atoms with Gasteiger partial charge in [-0.25, -0.2) is 0 Å². The first-order valence-electron chi connectivity index (χ1n) is 7.34.